The van der Waals surface area contributed by atoms with E-state index < -0.39 is 0 Å². The predicted octanol–water partition coefficient (Wildman–Crippen LogP) is 3.60. The Balaban J connectivity index is 1.54. The summed E-state index contributed by atoms with van der Waals surface area (Å²) in [5, 5.41) is 1.37. The zero-order chi connectivity index (χ0) is 17.0. The molecule has 130 valence electrons. The molecule has 1 fully saturated rings. The van der Waals surface area contributed by atoms with Gasteiger partial charge in [-0.15, -0.1) is 0 Å². The summed E-state index contributed by atoms with van der Waals surface area (Å²) in [6.45, 7) is 2.22. The topological polar surface area (TPSA) is 45.3 Å². The molecule has 3 heterocycles. The standard InChI is InChI=1S/C21H24N2O2/c1-25-21(24)16-7-4-5-13-12-23-10-9-15-14-6-2-3-8-18(14)22-20(15)19(23)11-17(13)16/h2-3,6-8,13,17,19,22H,4-5,9-12H2,1H3/t13-,17-,19-/m0/s1. The van der Waals surface area contributed by atoms with Crippen molar-refractivity contribution < 1.29 is 9.53 Å². The number of para-hydroxylation sites is 1. The second kappa shape index (κ2) is 5.73. The van der Waals surface area contributed by atoms with Gasteiger partial charge in [0.1, 0.15) is 0 Å². The first-order valence-electron chi connectivity index (χ1n) is 9.38. The summed E-state index contributed by atoms with van der Waals surface area (Å²) in [5.41, 5.74) is 5.01. The third-order valence-corrected chi connectivity index (χ3v) is 6.51. The molecule has 0 spiro atoms. The summed E-state index contributed by atoms with van der Waals surface area (Å²) in [4.78, 5) is 18.6. The van der Waals surface area contributed by atoms with Crippen molar-refractivity contribution in [1.29, 1.82) is 0 Å². The number of benzene rings is 1. The molecule has 1 aromatic heterocycles. The van der Waals surface area contributed by atoms with E-state index in [2.05, 4.69) is 40.2 Å². The van der Waals surface area contributed by atoms with E-state index in [-0.39, 0.29) is 5.97 Å². The van der Waals surface area contributed by atoms with Crippen molar-refractivity contribution in [2.24, 2.45) is 11.8 Å². The molecule has 1 N–H and O–H groups in total. The summed E-state index contributed by atoms with van der Waals surface area (Å²) in [6.07, 6.45) is 6.45. The van der Waals surface area contributed by atoms with Gasteiger partial charge in [0.05, 0.1) is 13.2 Å². The van der Waals surface area contributed by atoms with Gasteiger partial charge in [0.2, 0.25) is 0 Å². The van der Waals surface area contributed by atoms with Crippen molar-refractivity contribution in [3.63, 3.8) is 0 Å². The maximum atomic E-state index is 12.3. The van der Waals surface area contributed by atoms with Crippen molar-refractivity contribution in [3.8, 4) is 0 Å². The van der Waals surface area contributed by atoms with E-state index in [0.717, 1.165) is 37.9 Å². The predicted molar refractivity (Wildman–Crippen MR) is 97.2 cm³/mol. The maximum Gasteiger partial charge on any atom is 0.333 e. The Labute approximate surface area is 147 Å². The van der Waals surface area contributed by atoms with Crippen LogP contribution in [0.5, 0.6) is 0 Å². The van der Waals surface area contributed by atoms with Crippen LogP contribution in [0.25, 0.3) is 10.9 Å². The molecule has 5 rings (SSSR count). The van der Waals surface area contributed by atoms with Gasteiger partial charge < -0.3 is 9.72 Å². The number of ether oxygens (including phenoxy) is 1. The molecular formula is C21H24N2O2. The lowest BCUT2D eigenvalue weighted by molar-refractivity contribution is -0.137. The van der Waals surface area contributed by atoms with Crippen LogP contribution in [0.3, 0.4) is 0 Å². The van der Waals surface area contributed by atoms with Crippen LogP contribution in [0.15, 0.2) is 35.9 Å². The highest BCUT2D eigenvalue weighted by Crippen LogP contribution is 2.47. The number of carbonyl (C=O) groups is 1. The first kappa shape index (κ1) is 15.2. The van der Waals surface area contributed by atoms with Crippen molar-refractivity contribution in [1.82, 2.24) is 9.88 Å². The van der Waals surface area contributed by atoms with Crippen LogP contribution in [-0.4, -0.2) is 36.1 Å². The zero-order valence-electron chi connectivity index (χ0n) is 14.6. The van der Waals surface area contributed by atoms with E-state index in [4.69, 9.17) is 4.74 Å². The van der Waals surface area contributed by atoms with Crippen LogP contribution in [-0.2, 0) is 16.0 Å². The Kier molecular flexibility index (Phi) is 3.49. The second-order valence-electron chi connectivity index (χ2n) is 7.65. The number of hydrogen-bond acceptors (Lipinski definition) is 3. The van der Waals surface area contributed by atoms with Crippen molar-refractivity contribution >= 4 is 16.9 Å². The minimum atomic E-state index is -0.129. The molecule has 1 aromatic carbocycles. The van der Waals surface area contributed by atoms with Gasteiger partial charge in [-0.25, -0.2) is 4.79 Å². The third kappa shape index (κ3) is 2.27. The molecule has 0 bridgehead atoms. The Morgan fingerprint density at radius 1 is 1.32 bits per heavy atom. The Morgan fingerprint density at radius 3 is 3.08 bits per heavy atom. The number of aromatic amines is 1. The zero-order valence-corrected chi connectivity index (χ0v) is 14.6. The van der Waals surface area contributed by atoms with Crippen molar-refractivity contribution in [2.45, 2.75) is 31.7 Å². The highest BCUT2D eigenvalue weighted by atomic mass is 16.5. The molecule has 4 nitrogen and oxygen atoms in total. The van der Waals surface area contributed by atoms with Crippen LogP contribution in [0.2, 0.25) is 0 Å². The smallest absolute Gasteiger partial charge is 0.333 e. The molecule has 0 saturated carbocycles. The number of rotatable bonds is 1. The van der Waals surface area contributed by atoms with Gasteiger partial charge in [0.25, 0.3) is 0 Å². The molecule has 3 aliphatic rings. The molecule has 2 aromatic rings. The quantitative estimate of drug-likeness (QED) is 0.810. The van der Waals surface area contributed by atoms with Crippen LogP contribution < -0.4 is 0 Å². The van der Waals surface area contributed by atoms with E-state index in [1.165, 1.54) is 35.7 Å². The van der Waals surface area contributed by atoms with E-state index >= 15 is 0 Å². The second-order valence-corrected chi connectivity index (χ2v) is 7.65. The first-order valence-corrected chi connectivity index (χ1v) is 9.38. The fraction of sp³-hybridized carbons (Fsp3) is 0.476. The third-order valence-electron chi connectivity index (χ3n) is 6.51. The lowest BCUT2D eigenvalue weighted by Crippen LogP contribution is -2.47. The largest absolute Gasteiger partial charge is 0.466 e. The number of nitrogens with zero attached hydrogens (tertiary/aromatic N) is 1. The number of esters is 1. The minimum Gasteiger partial charge on any atom is -0.466 e. The number of piperidine rings is 1. The fourth-order valence-electron chi connectivity index (χ4n) is 5.35. The molecule has 0 radical (unpaired) electrons. The number of aromatic nitrogens is 1. The van der Waals surface area contributed by atoms with Gasteiger partial charge in [-0.3, -0.25) is 4.90 Å². The molecule has 2 aliphatic heterocycles. The molecule has 3 atom stereocenters. The van der Waals surface area contributed by atoms with E-state index in [9.17, 15) is 4.79 Å². The summed E-state index contributed by atoms with van der Waals surface area (Å²) in [5.74, 6) is 0.789. The number of methoxy groups -OCH3 is 1. The molecule has 25 heavy (non-hydrogen) atoms. The number of H-pyrrole nitrogens is 1. The summed E-state index contributed by atoms with van der Waals surface area (Å²) in [7, 11) is 1.50. The first-order chi connectivity index (χ1) is 12.3. The highest BCUT2D eigenvalue weighted by molar-refractivity contribution is 5.89. The molecule has 0 unspecified atom stereocenters. The Hall–Kier alpha value is -2.07. The van der Waals surface area contributed by atoms with E-state index in [1.54, 1.807) is 0 Å². The molecule has 0 amide bonds. The molecule has 1 saturated heterocycles. The average molecular weight is 336 g/mol. The monoisotopic (exact) mass is 336 g/mol. The fourth-order valence-corrected chi connectivity index (χ4v) is 5.35. The number of hydrogen-bond donors (Lipinski definition) is 1. The molecule has 1 aliphatic carbocycles. The van der Waals surface area contributed by atoms with Crippen molar-refractivity contribution in [3.05, 3.63) is 47.2 Å². The number of allylic oxidation sites excluding steroid dienone is 1. The van der Waals surface area contributed by atoms with Crippen LogP contribution in [0.4, 0.5) is 0 Å². The number of carbonyl (C=O) groups excluding carboxylic acids is 1. The number of nitrogens with one attached hydrogen (secondary N) is 1. The van der Waals surface area contributed by atoms with E-state index in [1.807, 2.05) is 0 Å². The van der Waals surface area contributed by atoms with Gasteiger partial charge in [0.15, 0.2) is 0 Å². The van der Waals surface area contributed by atoms with Gasteiger partial charge in [-0.05, 0) is 49.1 Å². The highest BCUT2D eigenvalue weighted by Gasteiger charge is 2.43. The molecular weight excluding hydrogens is 312 g/mol. The van der Waals surface area contributed by atoms with Crippen molar-refractivity contribution in [2.75, 3.05) is 20.2 Å². The Bertz CT molecular complexity index is 866. The molecule has 4 heteroatoms. The maximum absolute atomic E-state index is 12.3. The normalized spacial score (nSPS) is 28.7. The SMILES string of the molecule is COC(=O)C1=CCC[C@H]2CN3CCc4c([nH]c5ccccc45)[C@@H]3C[C@H]12. The van der Waals surface area contributed by atoms with Gasteiger partial charge in [-0.1, -0.05) is 24.3 Å². The summed E-state index contributed by atoms with van der Waals surface area (Å²) >= 11 is 0. The summed E-state index contributed by atoms with van der Waals surface area (Å²) < 4.78 is 5.06. The van der Waals surface area contributed by atoms with Gasteiger partial charge >= 0.3 is 5.97 Å². The lowest BCUT2D eigenvalue weighted by Gasteiger charge is -2.47. The van der Waals surface area contributed by atoms with Crippen LogP contribution >= 0.6 is 0 Å². The average Bonchev–Trinajstić information content (AvgIpc) is 3.04. The Morgan fingerprint density at radius 2 is 2.20 bits per heavy atom. The van der Waals surface area contributed by atoms with Gasteiger partial charge in [-0.2, -0.15) is 0 Å². The van der Waals surface area contributed by atoms with Crippen LogP contribution in [0, 0.1) is 11.8 Å². The lowest BCUT2D eigenvalue weighted by atomic mass is 9.70. The minimum absolute atomic E-state index is 0.129. The number of fused-ring (bicyclic) bond motifs is 6. The summed E-state index contributed by atoms with van der Waals surface area (Å²) in [6, 6.07) is 9.01. The van der Waals surface area contributed by atoms with Crippen LogP contribution in [0.1, 0.15) is 36.6 Å². The van der Waals surface area contributed by atoms with Gasteiger partial charge in [0, 0.05) is 35.3 Å². The van der Waals surface area contributed by atoms with E-state index in [0.29, 0.717) is 17.9 Å².